The number of rotatable bonds is 4. The fraction of sp³-hybridized carbons (Fsp3) is 0.412. The summed E-state index contributed by atoms with van der Waals surface area (Å²) in [5.41, 5.74) is 0.634. The van der Waals surface area contributed by atoms with Gasteiger partial charge in [0.15, 0.2) is 0 Å². The SMILES string of the molecule is Cc1cc(NC2CC(C)(O)C2)nnc1-c1ccc(OC(F)(F)F)cc1O. The topological polar surface area (TPSA) is 87.5 Å². The number of nitrogens with zero attached hydrogens (tertiary/aromatic N) is 2. The van der Waals surface area contributed by atoms with Crippen LogP contribution in [0.5, 0.6) is 11.5 Å². The predicted octanol–water partition coefficient (Wildman–Crippen LogP) is 3.38. The maximum absolute atomic E-state index is 12.2. The van der Waals surface area contributed by atoms with Gasteiger partial charge >= 0.3 is 6.36 Å². The van der Waals surface area contributed by atoms with Crippen LogP contribution in [0.1, 0.15) is 25.3 Å². The quantitative estimate of drug-likeness (QED) is 0.766. The number of aromatic nitrogens is 2. The molecule has 0 spiro atoms. The van der Waals surface area contributed by atoms with E-state index >= 15 is 0 Å². The number of aryl methyl sites for hydroxylation is 1. The highest BCUT2D eigenvalue weighted by atomic mass is 19.4. The minimum Gasteiger partial charge on any atom is -0.507 e. The zero-order valence-electron chi connectivity index (χ0n) is 14.1. The smallest absolute Gasteiger partial charge is 0.507 e. The number of nitrogens with one attached hydrogen (secondary N) is 1. The highest BCUT2D eigenvalue weighted by Crippen LogP contribution is 2.36. The van der Waals surface area contributed by atoms with Crippen LogP contribution in [0.2, 0.25) is 0 Å². The number of aromatic hydroxyl groups is 1. The maximum atomic E-state index is 12.2. The van der Waals surface area contributed by atoms with Gasteiger partial charge in [-0.05, 0) is 50.5 Å². The number of phenols is 1. The maximum Gasteiger partial charge on any atom is 0.573 e. The van der Waals surface area contributed by atoms with Crippen LogP contribution in [0.15, 0.2) is 24.3 Å². The van der Waals surface area contributed by atoms with Crippen molar-refractivity contribution in [2.45, 2.75) is 44.7 Å². The summed E-state index contributed by atoms with van der Waals surface area (Å²) in [6.45, 7) is 3.52. The molecule has 0 unspecified atom stereocenters. The first-order valence-corrected chi connectivity index (χ1v) is 7.95. The van der Waals surface area contributed by atoms with Gasteiger partial charge in [-0.15, -0.1) is 23.4 Å². The van der Waals surface area contributed by atoms with Gasteiger partial charge in [-0.25, -0.2) is 0 Å². The van der Waals surface area contributed by atoms with Gasteiger partial charge < -0.3 is 20.3 Å². The summed E-state index contributed by atoms with van der Waals surface area (Å²) in [7, 11) is 0. The molecule has 0 saturated heterocycles. The molecule has 1 heterocycles. The van der Waals surface area contributed by atoms with Crippen molar-refractivity contribution >= 4 is 5.82 Å². The third-order valence-electron chi connectivity index (χ3n) is 4.17. The van der Waals surface area contributed by atoms with Crippen molar-refractivity contribution in [3.8, 4) is 22.8 Å². The lowest BCUT2D eigenvalue weighted by Crippen LogP contribution is -2.48. The van der Waals surface area contributed by atoms with Crippen LogP contribution in [0.4, 0.5) is 19.0 Å². The van der Waals surface area contributed by atoms with E-state index in [9.17, 15) is 23.4 Å². The molecule has 1 saturated carbocycles. The Morgan fingerprint density at radius 3 is 2.46 bits per heavy atom. The molecule has 0 radical (unpaired) electrons. The molecule has 3 N–H and O–H groups in total. The molecule has 0 bridgehead atoms. The summed E-state index contributed by atoms with van der Waals surface area (Å²) in [5, 5.41) is 31.0. The van der Waals surface area contributed by atoms with E-state index in [2.05, 4.69) is 20.3 Å². The molecule has 1 aliphatic carbocycles. The van der Waals surface area contributed by atoms with E-state index in [1.165, 1.54) is 6.07 Å². The first kappa shape index (κ1) is 18.2. The van der Waals surface area contributed by atoms with E-state index < -0.39 is 17.7 Å². The number of halogens is 3. The molecule has 0 atom stereocenters. The second-order valence-corrected chi connectivity index (χ2v) is 6.73. The molecule has 1 aromatic heterocycles. The molecule has 1 fully saturated rings. The largest absolute Gasteiger partial charge is 0.573 e. The Morgan fingerprint density at radius 1 is 1.23 bits per heavy atom. The Morgan fingerprint density at radius 2 is 1.92 bits per heavy atom. The Bertz CT molecular complexity index is 817. The summed E-state index contributed by atoms with van der Waals surface area (Å²) >= 11 is 0. The van der Waals surface area contributed by atoms with E-state index in [1.807, 2.05) is 0 Å². The summed E-state index contributed by atoms with van der Waals surface area (Å²) in [6.07, 6.45) is -3.61. The van der Waals surface area contributed by atoms with Gasteiger partial charge in [0, 0.05) is 17.7 Å². The van der Waals surface area contributed by atoms with Gasteiger partial charge in [0.1, 0.15) is 17.3 Å². The Balaban J connectivity index is 1.77. The number of anilines is 1. The molecule has 6 nitrogen and oxygen atoms in total. The number of phenolic OH excluding ortho intramolecular Hbond substituents is 1. The van der Waals surface area contributed by atoms with Crippen LogP contribution in [-0.4, -0.2) is 38.4 Å². The normalized spacial score (nSPS) is 22.6. The molecular weight excluding hydrogens is 351 g/mol. The number of benzene rings is 1. The number of hydrogen-bond donors (Lipinski definition) is 3. The molecule has 0 amide bonds. The zero-order valence-corrected chi connectivity index (χ0v) is 14.1. The van der Waals surface area contributed by atoms with E-state index in [0.29, 0.717) is 29.9 Å². The second-order valence-electron chi connectivity index (χ2n) is 6.73. The third-order valence-corrected chi connectivity index (χ3v) is 4.17. The average molecular weight is 369 g/mol. The van der Waals surface area contributed by atoms with Crippen molar-refractivity contribution in [2.75, 3.05) is 5.32 Å². The van der Waals surface area contributed by atoms with Gasteiger partial charge in [-0.3, -0.25) is 0 Å². The minimum atomic E-state index is -4.83. The van der Waals surface area contributed by atoms with Gasteiger partial charge in [-0.1, -0.05) is 0 Å². The Kier molecular flexibility index (Phi) is 4.43. The van der Waals surface area contributed by atoms with Crippen molar-refractivity contribution in [3.63, 3.8) is 0 Å². The average Bonchev–Trinajstić information content (AvgIpc) is 2.45. The molecule has 26 heavy (non-hydrogen) atoms. The molecule has 1 aromatic carbocycles. The predicted molar refractivity (Wildman–Crippen MR) is 87.8 cm³/mol. The Labute approximate surface area is 147 Å². The summed E-state index contributed by atoms with van der Waals surface area (Å²) in [4.78, 5) is 0. The van der Waals surface area contributed by atoms with Crippen molar-refractivity contribution in [1.29, 1.82) is 0 Å². The fourth-order valence-electron chi connectivity index (χ4n) is 3.04. The molecular formula is C17H18F3N3O3. The highest BCUT2D eigenvalue weighted by molar-refractivity contribution is 5.71. The van der Waals surface area contributed by atoms with Gasteiger partial charge in [0.05, 0.1) is 11.3 Å². The van der Waals surface area contributed by atoms with E-state index in [-0.39, 0.29) is 17.4 Å². The van der Waals surface area contributed by atoms with Crippen molar-refractivity contribution in [3.05, 3.63) is 29.8 Å². The van der Waals surface area contributed by atoms with Crippen LogP contribution in [0.3, 0.4) is 0 Å². The summed E-state index contributed by atoms with van der Waals surface area (Å²) in [6, 6.07) is 5.12. The number of alkyl halides is 3. The second kappa shape index (κ2) is 6.31. The number of hydrogen-bond acceptors (Lipinski definition) is 6. The van der Waals surface area contributed by atoms with Crippen molar-refractivity contribution in [1.82, 2.24) is 10.2 Å². The van der Waals surface area contributed by atoms with Gasteiger partial charge in [0.25, 0.3) is 0 Å². The number of aliphatic hydroxyl groups is 1. The number of ether oxygens (including phenoxy) is 1. The lowest BCUT2D eigenvalue weighted by molar-refractivity contribution is -0.274. The molecule has 1 aliphatic rings. The summed E-state index contributed by atoms with van der Waals surface area (Å²) < 4.78 is 40.5. The van der Waals surface area contributed by atoms with E-state index in [4.69, 9.17) is 0 Å². The first-order valence-electron chi connectivity index (χ1n) is 7.95. The van der Waals surface area contributed by atoms with E-state index in [1.54, 1.807) is 19.9 Å². The minimum absolute atomic E-state index is 0.108. The first-order chi connectivity index (χ1) is 12.0. The van der Waals surface area contributed by atoms with Gasteiger partial charge in [0.2, 0.25) is 0 Å². The lowest BCUT2D eigenvalue weighted by Gasteiger charge is -2.41. The molecule has 140 valence electrons. The van der Waals surface area contributed by atoms with Crippen LogP contribution >= 0.6 is 0 Å². The summed E-state index contributed by atoms with van der Waals surface area (Å²) in [5.74, 6) is -0.372. The Hall–Kier alpha value is -2.55. The van der Waals surface area contributed by atoms with Crippen molar-refractivity contribution < 1.29 is 28.1 Å². The third kappa shape index (κ3) is 4.16. The monoisotopic (exact) mass is 369 g/mol. The molecule has 2 aromatic rings. The van der Waals surface area contributed by atoms with Gasteiger partial charge in [-0.2, -0.15) is 0 Å². The molecule has 0 aliphatic heterocycles. The van der Waals surface area contributed by atoms with E-state index in [0.717, 1.165) is 12.1 Å². The lowest BCUT2D eigenvalue weighted by atomic mass is 9.77. The molecule has 3 rings (SSSR count). The highest BCUT2D eigenvalue weighted by Gasteiger charge is 2.38. The standard InChI is InChI=1S/C17H18F3N3O3/c1-9-5-14(21-10-7-16(2,25)8-10)22-23-15(9)12-4-3-11(6-13(12)24)26-17(18,19)20/h3-6,10,24-25H,7-8H2,1-2H3,(H,21,22). The van der Waals surface area contributed by atoms with Crippen LogP contribution < -0.4 is 10.1 Å². The molecule has 9 heteroatoms. The van der Waals surface area contributed by atoms with Crippen LogP contribution in [-0.2, 0) is 0 Å². The zero-order chi connectivity index (χ0) is 19.1. The fourth-order valence-corrected chi connectivity index (χ4v) is 3.04. The van der Waals surface area contributed by atoms with Crippen molar-refractivity contribution in [2.24, 2.45) is 0 Å². The van der Waals surface area contributed by atoms with Crippen LogP contribution in [0.25, 0.3) is 11.3 Å². The van der Waals surface area contributed by atoms with Crippen LogP contribution in [0, 0.1) is 6.92 Å².